The summed E-state index contributed by atoms with van der Waals surface area (Å²) in [5.74, 6) is 0.505. The maximum absolute atomic E-state index is 4.41. The summed E-state index contributed by atoms with van der Waals surface area (Å²) in [5.41, 5.74) is 0.921. The van der Waals surface area contributed by atoms with E-state index in [-0.39, 0.29) is 5.66 Å². The number of hydrogen-bond acceptors (Lipinski definition) is 2. The molecule has 0 fully saturated rings. The molecule has 1 heterocycles. The Kier molecular flexibility index (Phi) is 1.63. The van der Waals surface area contributed by atoms with Gasteiger partial charge in [0.25, 0.3) is 0 Å². The Labute approximate surface area is 62.1 Å². The summed E-state index contributed by atoms with van der Waals surface area (Å²) in [5, 5.41) is 0. The maximum Gasteiger partial charge on any atom is 0.144 e. The van der Waals surface area contributed by atoms with E-state index < -0.39 is 0 Å². The molecule has 0 aromatic rings. The molecule has 0 aliphatic carbocycles. The zero-order chi connectivity index (χ0) is 7.78. The molecule has 0 aromatic heterocycles. The minimum Gasteiger partial charge on any atom is -0.262 e. The van der Waals surface area contributed by atoms with Gasteiger partial charge in [0.2, 0.25) is 0 Å². The maximum atomic E-state index is 4.41. The Morgan fingerprint density at radius 1 is 1.40 bits per heavy atom. The van der Waals surface area contributed by atoms with Crippen LogP contribution in [0.15, 0.2) is 9.98 Å². The lowest BCUT2D eigenvalue weighted by Gasteiger charge is -2.08. The van der Waals surface area contributed by atoms with Crippen molar-refractivity contribution in [3.63, 3.8) is 0 Å². The molecule has 0 unspecified atom stereocenters. The van der Waals surface area contributed by atoms with Gasteiger partial charge in [-0.3, -0.25) is 9.98 Å². The van der Waals surface area contributed by atoms with E-state index >= 15 is 0 Å². The Bertz CT molecular complexity index is 187. The number of nitrogens with zero attached hydrogens (tertiary/aromatic N) is 2. The van der Waals surface area contributed by atoms with Crippen LogP contribution in [0, 0.1) is 5.92 Å². The van der Waals surface area contributed by atoms with Crippen molar-refractivity contribution in [2.24, 2.45) is 15.9 Å². The van der Waals surface area contributed by atoms with Crippen LogP contribution in [-0.2, 0) is 0 Å². The van der Waals surface area contributed by atoms with E-state index in [4.69, 9.17) is 0 Å². The van der Waals surface area contributed by atoms with Crippen LogP contribution < -0.4 is 0 Å². The van der Waals surface area contributed by atoms with Gasteiger partial charge in [0, 0.05) is 6.21 Å². The van der Waals surface area contributed by atoms with Crippen LogP contribution in [0.5, 0.6) is 0 Å². The molecule has 0 saturated heterocycles. The highest BCUT2D eigenvalue weighted by Crippen LogP contribution is 2.17. The number of rotatable bonds is 1. The van der Waals surface area contributed by atoms with Crippen molar-refractivity contribution >= 4 is 11.9 Å². The van der Waals surface area contributed by atoms with Gasteiger partial charge in [-0.1, -0.05) is 13.8 Å². The fourth-order valence-electron chi connectivity index (χ4n) is 0.876. The Morgan fingerprint density at radius 3 is 2.20 bits per heavy atom. The molecule has 1 rings (SSSR count). The molecular weight excluding hydrogens is 124 g/mol. The molecule has 2 heteroatoms. The first-order chi connectivity index (χ1) is 4.51. The summed E-state index contributed by atoms with van der Waals surface area (Å²) < 4.78 is 0. The predicted octanol–water partition coefficient (Wildman–Crippen LogP) is 1.90. The van der Waals surface area contributed by atoms with Crippen LogP contribution >= 0.6 is 0 Å². The van der Waals surface area contributed by atoms with E-state index in [2.05, 4.69) is 23.8 Å². The Balaban J connectivity index is 2.78. The van der Waals surface area contributed by atoms with Gasteiger partial charge in [-0.2, -0.15) is 0 Å². The molecule has 1 aliphatic heterocycles. The SMILES string of the molecule is CC(C)C1=NC(C)(C)N=C1. The first kappa shape index (κ1) is 7.45. The van der Waals surface area contributed by atoms with Gasteiger partial charge in [-0.25, -0.2) is 0 Å². The number of aliphatic imine (C=N–C) groups is 2. The van der Waals surface area contributed by atoms with Crippen molar-refractivity contribution in [3.05, 3.63) is 0 Å². The van der Waals surface area contributed by atoms with Gasteiger partial charge in [0.05, 0.1) is 5.71 Å². The fraction of sp³-hybridized carbons (Fsp3) is 0.750. The van der Waals surface area contributed by atoms with E-state index in [1.165, 1.54) is 0 Å². The predicted molar refractivity (Wildman–Crippen MR) is 44.8 cm³/mol. The highest BCUT2D eigenvalue weighted by atomic mass is 15.1. The standard InChI is InChI=1S/C8H14N2/c1-6(2)7-5-9-8(3,4)10-7/h5-6H,1-4H3. The van der Waals surface area contributed by atoms with E-state index in [1.54, 1.807) is 0 Å². The zero-order valence-corrected chi connectivity index (χ0v) is 7.05. The third-order valence-electron chi connectivity index (χ3n) is 1.51. The lowest BCUT2D eigenvalue weighted by molar-refractivity contribution is 0.564. The minimum atomic E-state index is -0.195. The summed E-state index contributed by atoms with van der Waals surface area (Å²) in [6.07, 6.45) is 1.88. The first-order valence-electron chi connectivity index (χ1n) is 3.66. The first-order valence-corrected chi connectivity index (χ1v) is 3.66. The van der Waals surface area contributed by atoms with Crippen molar-refractivity contribution in [2.45, 2.75) is 33.4 Å². The van der Waals surface area contributed by atoms with Crippen molar-refractivity contribution < 1.29 is 0 Å². The molecule has 56 valence electrons. The van der Waals surface area contributed by atoms with Crippen LogP contribution in [0.2, 0.25) is 0 Å². The van der Waals surface area contributed by atoms with Crippen molar-refractivity contribution in [2.75, 3.05) is 0 Å². The second-order valence-corrected chi connectivity index (χ2v) is 3.44. The van der Waals surface area contributed by atoms with Crippen LogP contribution in [0.4, 0.5) is 0 Å². The fourth-order valence-corrected chi connectivity index (χ4v) is 0.876. The van der Waals surface area contributed by atoms with E-state index in [1.807, 2.05) is 20.1 Å². The smallest absolute Gasteiger partial charge is 0.144 e. The van der Waals surface area contributed by atoms with Gasteiger partial charge in [-0.15, -0.1) is 0 Å². The molecule has 0 aromatic carbocycles. The molecule has 10 heavy (non-hydrogen) atoms. The lowest BCUT2D eigenvalue weighted by Crippen LogP contribution is -2.11. The summed E-state index contributed by atoms with van der Waals surface area (Å²) in [4.78, 5) is 8.66. The average molecular weight is 138 g/mol. The molecular formula is C8H14N2. The molecule has 0 atom stereocenters. The minimum absolute atomic E-state index is 0.195. The Hall–Kier alpha value is -0.660. The van der Waals surface area contributed by atoms with Crippen LogP contribution in [-0.4, -0.2) is 17.6 Å². The van der Waals surface area contributed by atoms with Crippen molar-refractivity contribution in [3.8, 4) is 0 Å². The molecule has 0 N–H and O–H groups in total. The molecule has 1 aliphatic rings. The van der Waals surface area contributed by atoms with Crippen LogP contribution in [0.25, 0.3) is 0 Å². The second kappa shape index (κ2) is 2.19. The monoisotopic (exact) mass is 138 g/mol. The summed E-state index contributed by atoms with van der Waals surface area (Å²) >= 11 is 0. The topological polar surface area (TPSA) is 24.7 Å². The quantitative estimate of drug-likeness (QED) is 0.528. The van der Waals surface area contributed by atoms with Crippen molar-refractivity contribution in [1.29, 1.82) is 0 Å². The van der Waals surface area contributed by atoms with Crippen LogP contribution in [0.1, 0.15) is 27.7 Å². The molecule has 0 radical (unpaired) electrons. The van der Waals surface area contributed by atoms with E-state index in [9.17, 15) is 0 Å². The number of hydrogen-bond donors (Lipinski definition) is 0. The zero-order valence-electron chi connectivity index (χ0n) is 7.05. The van der Waals surface area contributed by atoms with E-state index in [0.717, 1.165) is 5.71 Å². The third-order valence-corrected chi connectivity index (χ3v) is 1.51. The summed E-state index contributed by atoms with van der Waals surface area (Å²) in [6, 6.07) is 0. The molecule has 0 amide bonds. The molecule has 0 spiro atoms. The van der Waals surface area contributed by atoms with Gasteiger partial charge in [0.15, 0.2) is 0 Å². The van der Waals surface area contributed by atoms with Gasteiger partial charge < -0.3 is 0 Å². The molecule has 0 bridgehead atoms. The van der Waals surface area contributed by atoms with Gasteiger partial charge in [0.1, 0.15) is 5.66 Å². The summed E-state index contributed by atoms with van der Waals surface area (Å²) in [6.45, 7) is 8.29. The second-order valence-electron chi connectivity index (χ2n) is 3.44. The molecule has 0 saturated carbocycles. The van der Waals surface area contributed by atoms with Crippen molar-refractivity contribution in [1.82, 2.24) is 0 Å². The highest BCUT2D eigenvalue weighted by Gasteiger charge is 2.20. The molecule has 2 nitrogen and oxygen atoms in total. The average Bonchev–Trinajstić information content (AvgIpc) is 2.10. The lowest BCUT2D eigenvalue weighted by atomic mass is 10.1. The highest BCUT2D eigenvalue weighted by molar-refractivity contribution is 6.32. The summed E-state index contributed by atoms with van der Waals surface area (Å²) in [7, 11) is 0. The van der Waals surface area contributed by atoms with E-state index in [0.29, 0.717) is 5.92 Å². The van der Waals surface area contributed by atoms with Gasteiger partial charge >= 0.3 is 0 Å². The normalized spacial score (nSPS) is 21.9. The Morgan fingerprint density at radius 2 is 2.00 bits per heavy atom. The largest absolute Gasteiger partial charge is 0.262 e. The van der Waals surface area contributed by atoms with Gasteiger partial charge in [-0.05, 0) is 19.8 Å². The third kappa shape index (κ3) is 1.43. The van der Waals surface area contributed by atoms with Crippen LogP contribution in [0.3, 0.4) is 0 Å².